The third-order valence-electron chi connectivity index (χ3n) is 2.82. The molecular weight excluding hydrogens is 290 g/mol. The van der Waals surface area contributed by atoms with Gasteiger partial charge in [-0.05, 0) is 30.2 Å². The SMILES string of the molecule is CCc1nnc(NC(=O)/C=C/c2ccc3c(c2)OCO3)s1. The Morgan fingerprint density at radius 2 is 2.24 bits per heavy atom. The molecule has 0 radical (unpaired) electrons. The molecule has 2 aromatic rings. The molecular formula is C14H13N3O3S. The molecule has 0 fully saturated rings. The number of nitrogens with one attached hydrogen (secondary N) is 1. The Morgan fingerprint density at radius 1 is 1.38 bits per heavy atom. The van der Waals surface area contributed by atoms with Crippen LogP contribution in [-0.4, -0.2) is 22.9 Å². The van der Waals surface area contributed by atoms with Gasteiger partial charge in [0, 0.05) is 6.08 Å². The van der Waals surface area contributed by atoms with Crippen molar-refractivity contribution < 1.29 is 14.3 Å². The van der Waals surface area contributed by atoms with Gasteiger partial charge in [-0.25, -0.2) is 0 Å². The first-order valence-corrected chi connectivity index (χ1v) is 7.27. The highest BCUT2D eigenvalue weighted by molar-refractivity contribution is 7.15. The Kier molecular flexibility index (Phi) is 3.83. The highest BCUT2D eigenvalue weighted by Crippen LogP contribution is 2.32. The lowest BCUT2D eigenvalue weighted by molar-refractivity contribution is -0.111. The molecule has 0 atom stereocenters. The second kappa shape index (κ2) is 5.92. The van der Waals surface area contributed by atoms with E-state index in [9.17, 15) is 4.79 Å². The van der Waals surface area contributed by atoms with E-state index in [1.807, 2.05) is 25.1 Å². The summed E-state index contributed by atoms with van der Waals surface area (Å²) in [7, 11) is 0. The number of aromatic nitrogens is 2. The molecule has 0 saturated carbocycles. The summed E-state index contributed by atoms with van der Waals surface area (Å²) >= 11 is 1.37. The monoisotopic (exact) mass is 303 g/mol. The second-order valence-corrected chi connectivity index (χ2v) is 5.35. The molecule has 1 aromatic carbocycles. The van der Waals surface area contributed by atoms with Gasteiger partial charge < -0.3 is 9.47 Å². The zero-order valence-corrected chi connectivity index (χ0v) is 12.1. The molecule has 0 saturated heterocycles. The van der Waals surface area contributed by atoms with E-state index < -0.39 is 0 Å². The van der Waals surface area contributed by atoms with Gasteiger partial charge in [0.1, 0.15) is 5.01 Å². The molecule has 2 heterocycles. The van der Waals surface area contributed by atoms with Gasteiger partial charge in [0.2, 0.25) is 17.8 Å². The third kappa shape index (κ3) is 3.19. The fourth-order valence-corrected chi connectivity index (χ4v) is 2.47. The zero-order valence-electron chi connectivity index (χ0n) is 11.3. The number of rotatable bonds is 4. The lowest BCUT2D eigenvalue weighted by Gasteiger charge is -1.98. The van der Waals surface area contributed by atoms with Crippen LogP contribution in [0, 0.1) is 0 Å². The van der Waals surface area contributed by atoms with Gasteiger partial charge in [-0.15, -0.1) is 10.2 Å². The number of benzene rings is 1. The average molecular weight is 303 g/mol. The normalized spacial score (nSPS) is 12.8. The molecule has 1 N–H and O–H groups in total. The summed E-state index contributed by atoms with van der Waals surface area (Å²) in [6, 6.07) is 5.50. The number of anilines is 1. The maximum Gasteiger partial charge on any atom is 0.250 e. The number of hydrogen-bond acceptors (Lipinski definition) is 6. The van der Waals surface area contributed by atoms with Crippen LogP contribution in [0.1, 0.15) is 17.5 Å². The number of hydrogen-bond donors (Lipinski definition) is 1. The van der Waals surface area contributed by atoms with Crippen molar-refractivity contribution in [3.63, 3.8) is 0 Å². The van der Waals surface area contributed by atoms with Crippen molar-refractivity contribution in [3.05, 3.63) is 34.8 Å². The Balaban J connectivity index is 1.64. The van der Waals surface area contributed by atoms with Gasteiger partial charge in [-0.1, -0.05) is 24.3 Å². The molecule has 21 heavy (non-hydrogen) atoms. The van der Waals surface area contributed by atoms with Gasteiger partial charge >= 0.3 is 0 Å². The number of amides is 1. The van der Waals surface area contributed by atoms with E-state index in [2.05, 4.69) is 15.5 Å². The molecule has 0 spiro atoms. The van der Waals surface area contributed by atoms with Crippen LogP contribution in [0.3, 0.4) is 0 Å². The van der Waals surface area contributed by atoms with Gasteiger partial charge in [-0.3, -0.25) is 10.1 Å². The van der Waals surface area contributed by atoms with Crippen LogP contribution in [0.5, 0.6) is 11.5 Å². The van der Waals surface area contributed by atoms with E-state index in [1.165, 1.54) is 17.4 Å². The molecule has 1 aromatic heterocycles. The van der Waals surface area contributed by atoms with Crippen molar-refractivity contribution in [3.8, 4) is 11.5 Å². The number of nitrogens with zero attached hydrogens (tertiary/aromatic N) is 2. The predicted molar refractivity (Wildman–Crippen MR) is 79.5 cm³/mol. The number of carbonyl (C=O) groups excluding carboxylic acids is 1. The first-order valence-electron chi connectivity index (χ1n) is 6.45. The Hall–Kier alpha value is -2.41. The van der Waals surface area contributed by atoms with Gasteiger partial charge in [0.05, 0.1) is 0 Å². The van der Waals surface area contributed by atoms with Crippen LogP contribution in [0.15, 0.2) is 24.3 Å². The zero-order chi connectivity index (χ0) is 14.7. The van der Waals surface area contributed by atoms with Crippen molar-refractivity contribution in [1.82, 2.24) is 10.2 Å². The molecule has 0 bridgehead atoms. The van der Waals surface area contributed by atoms with E-state index in [0.717, 1.165) is 22.7 Å². The van der Waals surface area contributed by atoms with E-state index in [4.69, 9.17) is 9.47 Å². The lowest BCUT2D eigenvalue weighted by atomic mass is 10.2. The predicted octanol–water partition coefficient (Wildman–Crippen LogP) is 2.48. The number of carbonyl (C=O) groups is 1. The Bertz CT molecular complexity index is 697. The van der Waals surface area contributed by atoms with Gasteiger partial charge in [-0.2, -0.15) is 0 Å². The second-order valence-electron chi connectivity index (χ2n) is 4.29. The Morgan fingerprint density at radius 3 is 3.05 bits per heavy atom. The van der Waals surface area contributed by atoms with Crippen molar-refractivity contribution in [2.45, 2.75) is 13.3 Å². The van der Waals surface area contributed by atoms with Gasteiger partial charge in [0.25, 0.3) is 0 Å². The fraction of sp³-hybridized carbons (Fsp3) is 0.214. The van der Waals surface area contributed by atoms with E-state index >= 15 is 0 Å². The molecule has 108 valence electrons. The first-order chi connectivity index (χ1) is 10.2. The van der Waals surface area contributed by atoms with Crippen LogP contribution >= 0.6 is 11.3 Å². The minimum absolute atomic E-state index is 0.236. The standard InChI is InChI=1S/C14H13N3O3S/c1-2-13-16-17-14(21-13)15-12(18)6-4-9-3-5-10-11(7-9)20-8-19-10/h3-7H,2,8H2,1H3,(H,15,17,18)/b6-4+. The highest BCUT2D eigenvalue weighted by Gasteiger charge is 2.12. The Labute approximate surface area is 125 Å². The van der Waals surface area contributed by atoms with Crippen LogP contribution in [0.4, 0.5) is 5.13 Å². The summed E-state index contributed by atoms with van der Waals surface area (Å²) in [5.74, 6) is 1.17. The van der Waals surface area contributed by atoms with Gasteiger partial charge in [0.15, 0.2) is 11.5 Å². The minimum atomic E-state index is -0.244. The van der Waals surface area contributed by atoms with Crippen molar-refractivity contribution in [2.24, 2.45) is 0 Å². The molecule has 0 aliphatic carbocycles. The summed E-state index contributed by atoms with van der Waals surface area (Å²) in [5, 5.41) is 11.9. The van der Waals surface area contributed by atoms with Crippen molar-refractivity contribution in [1.29, 1.82) is 0 Å². The lowest BCUT2D eigenvalue weighted by Crippen LogP contribution is -2.07. The number of fused-ring (bicyclic) bond motifs is 1. The van der Waals surface area contributed by atoms with Crippen LogP contribution in [-0.2, 0) is 11.2 Å². The highest BCUT2D eigenvalue weighted by atomic mass is 32.1. The quantitative estimate of drug-likeness (QED) is 0.878. The smallest absolute Gasteiger partial charge is 0.250 e. The van der Waals surface area contributed by atoms with Crippen molar-refractivity contribution >= 4 is 28.5 Å². The summed E-state index contributed by atoms with van der Waals surface area (Å²) in [5.41, 5.74) is 0.862. The summed E-state index contributed by atoms with van der Waals surface area (Å²) in [4.78, 5) is 11.8. The molecule has 1 aliphatic rings. The number of aryl methyl sites for hydroxylation is 1. The van der Waals surface area contributed by atoms with Crippen LogP contribution < -0.4 is 14.8 Å². The average Bonchev–Trinajstić information content (AvgIpc) is 3.13. The van der Waals surface area contributed by atoms with E-state index in [1.54, 1.807) is 6.08 Å². The molecule has 3 rings (SSSR count). The first kappa shape index (κ1) is 13.6. The summed E-state index contributed by atoms with van der Waals surface area (Å²) in [6.07, 6.45) is 3.96. The van der Waals surface area contributed by atoms with Crippen molar-refractivity contribution in [2.75, 3.05) is 12.1 Å². The fourth-order valence-electron chi connectivity index (χ4n) is 1.78. The maximum atomic E-state index is 11.8. The maximum absolute atomic E-state index is 11.8. The third-order valence-corrected chi connectivity index (χ3v) is 3.81. The molecule has 1 amide bonds. The number of ether oxygens (including phenoxy) is 2. The molecule has 6 nitrogen and oxygen atoms in total. The van der Waals surface area contributed by atoms with E-state index in [-0.39, 0.29) is 12.7 Å². The molecule has 1 aliphatic heterocycles. The minimum Gasteiger partial charge on any atom is -0.454 e. The topological polar surface area (TPSA) is 73.3 Å². The summed E-state index contributed by atoms with van der Waals surface area (Å²) < 4.78 is 10.5. The van der Waals surface area contributed by atoms with Crippen LogP contribution in [0.25, 0.3) is 6.08 Å². The molecule has 0 unspecified atom stereocenters. The largest absolute Gasteiger partial charge is 0.454 e. The van der Waals surface area contributed by atoms with Crippen LogP contribution in [0.2, 0.25) is 0 Å². The summed E-state index contributed by atoms with van der Waals surface area (Å²) in [6.45, 7) is 2.23. The molecule has 7 heteroatoms. The van der Waals surface area contributed by atoms with E-state index in [0.29, 0.717) is 10.9 Å².